The number of nitrogens with two attached hydrogens (primary N) is 1. The molecule has 0 saturated heterocycles. The third-order valence-electron chi connectivity index (χ3n) is 3.73. The van der Waals surface area contributed by atoms with Crippen LogP contribution in [-0.4, -0.2) is 31.5 Å². The van der Waals surface area contributed by atoms with E-state index in [1.165, 1.54) is 12.1 Å². The molecule has 0 spiro atoms. The Balaban J connectivity index is 2.73. The predicted octanol–water partition coefficient (Wildman–Crippen LogP) is 2.61. The number of rotatable bonds is 9. The molecule has 1 rings (SSSR count). The Morgan fingerprint density at radius 1 is 1.19 bits per heavy atom. The second kappa shape index (κ2) is 8.41. The molecule has 0 fully saturated rings. The lowest BCUT2D eigenvalue weighted by molar-refractivity contribution is 0.0882. The first-order valence-corrected chi connectivity index (χ1v) is 7.29. The Morgan fingerprint density at radius 2 is 1.81 bits per heavy atom. The highest BCUT2D eigenvalue weighted by atomic mass is 19.1. The Morgan fingerprint density at radius 3 is 2.29 bits per heavy atom. The molecular formula is C16H25F2NO2. The van der Waals surface area contributed by atoms with Crippen LogP contribution in [0.3, 0.4) is 0 Å². The van der Waals surface area contributed by atoms with Gasteiger partial charge < -0.3 is 15.6 Å². The molecule has 0 heterocycles. The van der Waals surface area contributed by atoms with Crippen molar-refractivity contribution in [3.63, 3.8) is 0 Å². The minimum atomic E-state index is -0.874. The number of aliphatic hydroxyl groups is 1. The van der Waals surface area contributed by atoms with E-state index >= 15 is 0 Å². The summed E-state index contributed by atoms with van der Waals surface area (Å²) in [5.41, 5.74) is 5.25. The zero-order valence-electron chi connectivity index (χ0n) is 12.7. The predicted molar refractivity (Wildman–Crippen MR) is 79.1 cm³/mol. The fraction of sp³-hybridized carbons (Fsp3) is 0.625. The average molecular weight is 301 g/mol. The van der Waals surface area contributed by atoms with E-state index in [4.69, 9.17) is 10.5 Å². The quantitative estimate of drug-likeness (QED) is 0.689. The van der Waals surface area contributed by atoms with Crippen molar-refractivity contribution in [2.45, 2.75) is 32.1 Å². The van der Waals surface area contributed by atoms with Gasteiger partial charge in [0.05, 0.1) is 6.61 Å². The molecule has 0 saturated carbocycles. The molecule has 120 valence electrons. The maximum atomic E-state index is 13.4. The van der Waals surface area contributed by atoms with Crippen molar-refractivity contribution < 1.29 is 18.6 Å². The van der Waals surface area contributed by atoms with Gasteiger partial charge in [-0.3, -0.25) is 0 Å². The van der Waals surface area contributed by atoms with E-state index in [2.05, 4.69) is 13.8 Å². The highest BCUT2D eigenvalue weighted by Crippen LogP contribution is 2.28. The lowest BCUT2D eigenvalue weighted by Gasteiger charge is -2.31. The summed E-state index contributed by atoms with van der Waals surface area (Å²) in [4.78, 5) is 0. The van der Waals surface area contributed by atoms with Gasteiger partial charge in [0.25, 0.3) is 0 Å². The monoisotopic (exact) mass is 301 g/mol. The summed E-state index contributed by atoms with van der Waals surface area (Å²) in [6.45, 7) is 5.05. The second-order valence-electron chi connectivity index (χ2n) is 5.85. The number of halogens is 2. The highest BCUT2D eigenvalue weighted by Gasteiger charge is 2.31. The zero-order chi connectivity index (χ0) is 15.9. The van der Waals surface area contributed by atoms with Crippen molar-refractivity contribution in [1.82, 2.24) is 0 Å². The third-order valence-corrected chi connectivity index (χ3v) is 3.73. The van der Waals surface area contributed by atoms with Crippen LogP contribution in [0.5, 0.6) is 0 Å². The fourth-order valence-corrected chi connectivity index (χ4v) is 2.15. The summed E-state index contributed by atoms with van der Waals surface area (Å²) in [5, 5.41) is 9.68. The van der Waals surface area contributed by atoms with Gasteiger partial charge in [0.2, 0.25) is 0 Å². The fourth-order valence-electron chi connectivity index (χ4n) is 2.15. The number of aliphatic hydroxyl groups excluding tert-OH is 1. The molecule has 0 aliphatic carbocycles. The normalized spacial score (nSPS) is 14.4. The summed E-state index contributed by atoms with van der Waals surface area (Å²) in [5.74, 6) is -0.784. The first kappa shape index (κ1) is 18.0. The van der Waals surface area contributed by atoms with E-state index in [9.17, 15) is 13.9 Å². The molecule has 1 atom stereocenters. The van der Waals surface area contributed by atoms with Gasteiger partial charge in [0.15, 0.2) is 0 Å². The van der Waals surface area contributed by atoms with Crippen LogP contribution < -0.4 is 5.73 Å². The molecule has 0 bridgehead atoms. The van der Waals surface area contributed by atoms with Crippen LogP contribution in [-0.2, 0) is 10.2 Å². The van der Waals surface area contributed by atoms with E-state index in [1.807, 2.05) is 0 Å². The van der Waals surface area contributed by atoms with Crippen LogP contribution in [0.25, 0.3) is 0 Å². The Hall–Kier alpha value is -1.04. The number of hydrogen-bond donors (Lipinski definition) is 2. The van der Waals surface area contributed by atoms with Crippen LogP contribution in [0, 0.1) is 17.6 Å². The van der Waals surface area contributed by atoms with Crippen LogP contribution in [0.1, 0.15) is 32.3 Å². The zero-order valence-corrected chi connectivity index (χ0v) is 12.7. The van der Waals surface area contributed by atoms with Gasteiger partial charge in [0.1, 0.15) is 11.6 Å². The van der Waals surface area contributed by atoms with Gasteiger partial charge in [-0.05, 0) is 36.5 Å². The summed E-state index contributed by atoms with van der Waals surface area (Å²) in [6, 6.07) is 3.25. The van der Waals surface area contributed by atoms with Crippen LogP contribution in [0.2, 0.25) is 0 Å². The average Bonchev–Trinajstić information content (AvgIpc) is 2.42. The molecule has 0 radical (unpaired) electrons. The molecule has 3 nitrogen and oxygen atoms in total. The lowest BCUT2D eigenvalue weighted by Crippen LogP contribution is -2.40. The van der Waals surface area contributed by atoms with E-state index in [1.54, 1.807) is 0 Å². The van der Waals surface area contributed by atoms with Crippen molar-refractivity contribution in [3.8, 4) is 0 Å². The molecule has 0 aromatic heterocycles. The van der Waals surface area contributed by atoms with E-state index < -0.39 is 17.0 Å². The van der Waals surface area contributed by atoms with Crippen molar-refractivity contribution >= 4 is 0 Å². The van der Waals surface area contributed by atoms with Gasteiger partial charge in [0, 0.05) is 31.2 Å². The SMILES string of the molecule is CC(C)CCOCCC(CN)(CO)c1cc(F)cc(F)c1. The Labute approximate surface area is 125 Å². The van der Waals surface area contributed by atoms with Gasteiger partial charge >= 0.3 is 0 Å². The topological polar surface area (TPSA) is 55.5 Å². The molecule has 3 N–H and O–H groups in total. The van der Waals surface area contributed by atoms with Gasteiger partial charge in [-0.2, -0.15) is 0 Å². The molecule has 21 heavy (non-hydrogen) atoms. The van der Waals surface area contributed by atoms with E-state index in [-0.39, 0.29) is 13.2 Å². The standard InChI is InChI=1S/C16H25F2NO2/c1-12(2)3-5-21-6-4-16(10-19,11-20)13-7-14(17)9-15(18)8-13/h7-9,12,20H,3-6,10-11,19H2,1-2H3. The summed E-state index contributed by atoms with van der Waals surface area (Å²) in [6.07, 6.45) is 1.37. The molecule has 1 aromatic rings. The smallest absolute Gasteiger partial charge is 0.126 e. The van der Waals surface area contributed by atoms with Gasteiger partial charge in [-0.15, -0.1) is 0 Å². The third kappa shape index (κ3) is 5.34. The van der Waals surface area contributed by atoms with Crippen LogP contribution in [0.15, 0.2) is 18.2 Å². The number of benzene rings is 1. The highest BCUT2D eigenvalue weighted by molar-refractivity contribution is 5.28. The molecule has 1 aromatic carbocycles. The van der Waals surface area contributed by atoms with E-state index in [0.29, 0.717) is 31.1 Å². The summed E-state index contributed by atoms with van der Waals surface area (Å²) >= 11 is 0. The summed E-state index contributed by atoms with van der Waals surface area (Å²) in [7, 11) is 0. The Kier molecular flexibility index (Phi) is 7.22. The maximum absolute atomic E-state index is 13.4. The summed E-state index contributed by atoms with van der Waals surface area (Å²) < 4.78 is 32.3. The molecule has 0 aliphatic rings. The minimum absolute atomic E-state index is 0.0972. The van der Waals surface area contributed by atoms with Gasteiger partial charge in [-0.1, -0.05) is 13.8 Å². The van der Waals surface area contributed by atoms with Crippen molar-refractivity contribution in [3.05, 3.63) is 35.4 Å². The number of hydrogen-bond acceptors (Lipinski definition) is 3. The maximum Gasteiger partial charge on any atom is 0.126 e. The molecular weight excluding hydrogens is 276 g/mol. The second-order valence-corrected chi connectivity index (χ2v) is 5.85. The lowest BCUT2D eigenvalue weighted by atomic mass is 9.78. The first-order chi connectivity index (χ1) is 9.93. The van der Waals surface area contributed by atoms with Crippen molar-refractivity contribution in [1.29, 1.82) is 0 Å². The Bertz CT molecular complexity index is 414. The number of ether oxygens (including phenoxy) is 1. The molecule has 0 amide bonds. The minimum Gasteiger partial charge on any atom is -0.395 e. The van der Waals surface area contributed by atoms with Crippen molar-refractivity contribution in [2.24, 2.45) is 11.7 Å². The first-order valence-electron chi connectivity index (χ1n) is 7.29. The van der Waals surface area contributed by atoms with Crippen LogP contribution >= 0.6 is 0 Å². The molecule has 1 unspecified atom stereocenters. The van der Waals surface area contributed by atoms with Crippen LogP contribution in [0.4, 0.5) is 8.78 Å². The van der Waals surface area contributed by atoms with E-state index in [0.717, 1.165) is 12.5 Å². The molecule has 5 heteroatoms. The van der Waals surface area contributed by atoms with Gasteiger partial charge in [-0.25, -0.2) is 8.78 Å². The molecule has 0 aliphatic heterocycles. The van der Waals surface area contributed by atoms with Crippen molar-refractivity contribution in [2.75, 3.05) is 26.4 Å². The largest absolute Gasteiger partial charge is 0.395 e.